The Balaban J connectivity index is 2.70. The number of fused-ring (bicyclic) bond motifs is 1. The summed E-state index contributed by atoms with van der Waals surface area (Å²) < 4.78 is 2.10. The lowest BCUT2D eigenvalue weighted by Crippen LogP contribution is -2.17. The van der Waals surface area contributed by atoms with E-state index < -0.39 is 0 Å². The number of carbonyl (C=O) groups excluding carboxylic acids is 1. The number of Topliss-reactive ketones (excluding diaryl/α,β-unsaturated/α-hetero) is 1. The van der Waals surface area contributed by atoms with Crippen LogP contribution < -0.4 is 0 Å². The van der Waals surface area contributed by atoms with Gasteiger partial charge in [0.1, 0.15) is 5.82 Å². The minimum absolute atomic E-state index is 0.00412. The van der Waals surface area contributed by atoms with Crippen LogP contribution in [0.2, 0.25) is 0 Å². The highest BCUT2D eigenvalue weighted by Crippen LogP contribution is 2.25. The second-order valence-corrected chi connectivity index (χ2v) is 5.50. The van der Waals surface area contributed by atoms with Gasteiger partial charge in [-0.1, -0.05) is 20.8 Å². The van der Waals surface area contributed by atoms with Crippen molar-refractivity contribution in [3.05, 3.63) is 29.6 Å². The molecule has 0 aliphatic carbocycles. The van der Waals surface area contributed by atoms with Gasteiger partial charge in [-0.25, -0.2) is 4.98 Å². The molecular weight excluding hydrogens is 212 g/mol. The number of aryl methyl sites for hydroxylation is 1. The molecule has 0 saturated heterocycles. The standard InChI is InChI=1S/C14H18N2O/c1-9(17)10-6-7-12-11(8-10)15-13(16(12)5)14(2,3)4/h6-8H,1-5H3. The number of hydrogen-bond donors (Lipinski definition) is 0. The van der Waals surface area contributed by atoms with Crippen LogP contribution in [0.1, 0.15) is 43.9 Å². The van der Waals surface area contributed by atoms with Gasteiger partial charge in [-0.15, -0.1) is 0 Å². The molecule has 17 heavy (non-hydrogen) atoms. The predicted molar refractivity (Wildman–Crippen MR) is 69.4 cm³/mol. The van der Waals surface area contributed by atoms with Crippen molar-refractivity contribution in [2.75, 3.05) is 0 Å². The second kappa shape index (κ2) is 3.69. The van der Waals surface area contributed by atoms with Crippen LogP contribution in [0.3, 0.4) is 0 Å². The fourth-order valence-corrected chi connectivity index (χ4v) is 2.09. The van der Waals surface area contributed by atoms with E-state index in [1.54, 1.807) is 6.92 Å². The summed E-state index contributed by atoms with van der Waals surface area (Å²) in [6.45, 7) is 8.00. The van der Waals surface area contributed by atoms with E-state index >= 15 is 0 Å². The Labute approximate surface area is 101 Å². The number of imidazole rings is 1. The Morgan fingerprint density at radius 2 is 1.94 bits per heavy atom. The van der Waals surface area contributed by atoms with Gasteiger partial charge in [0.25, 0.3) is 0 Å². The molecule has 0 fully saturated rings. The zero-order valence-corrected chi connectivity index (χ0v) is 11.0. The van der Waals surface area contributed by atoms with Gasteiger partial charge >= 0.3 is 0 Å². The lowest BCUT2D eigenvalue weighted by atomic mass is 9.96. The summed E-state index contributed by atoms with van der Waals surface area (Å²) >= 11 is 0. The number of nitrogens with zero attached hydrogens (tertiary/aromatic N) is 2. The monoisotopic (exact) mass is 230 g/mol. The van der Waals surface area contributed by atoms with Crippen molar-refractivity contribution in [3.63, 3.8) is 0 Å². The molecule has 1 heterocycles. The molecule has 1 aromatic heterocycles. The molecular formula is C14H18N2O. The molecule has 3 nitrogen and oxygen atoms in total. The molecule has 0 unspecified atom stereocenters. The number of ketones is 1. The van der Waals surface area contributed by atoms with E-state index in [-0.39, 0.29) is 11.2 Å². The lowest BCUT2D eigenvalue weighted by molar-refractivity contribution is 0.101. The molecule has 0 saturated carbocycles. The van der Waals surface area contributed by atoms with Gasteiger partial charge in [0.15, 0.2) is 5.78 Å². The molecule has 2 rings (SSSR count). The van der Waals surface area contributed by atoms with Gasteiger partial charge in [0, 0.05) is 18.0 Å². The van der Waals surface area contributed by atoms with E-state index in [2.05, 4.69) is 30.3 Å². The van der Waals surface area contributed by atoms with Gasteiger partial charge in [-0.2, -0.15) is 0 Å². The first-order valence-electron chi connectivity index (χ1n) is 5.78. The van der Waals surface area contributed by atoms with Crippen LogP contribution in [0.25, 0.3) is 11.0 Å². The third kappa shape index (κ3) is 1.97. The SMILES string of the molecule is CC(=O)c1ccc2c(c1)nc(C(C)(C)C)n2C. The Morgan fingerprint density at radius 3 is 2.47 bits per heavy atom. The molecule has 0 bridgehead atoms. The van der Waals surface area contributed by atoms with Crippen molar-refractivity contribution in [2.24, 2.45) is 7.05 Å². The van der Waals surface area contributed by atoms with Crippen molar-refractivity contribution >= 4 is 16.8 Å². The summed E-state index contributed by atoms with van der Waals surface area (Å²) in [4.78, 5) is 16.0. The third-order valence-electron chi connectivity index (χ3n) is 2.96. The first-order valence-corrected chi connectivity index (χ1v) is 5.78. The summed E-state index contributed by atoms with van der Waals surface area (Å²) in [5, 5.41) is 0. The van der Waals surface area contributed by atoms with Gasteiger partial charge in [0.2, 0.25) is 0 Å². The molecule has 0 aliphatic rings. The first-order chi connectivity index (χ1) is 7.80. The van der Waals surface area contributed by atoms with Gasteiger partial charge < -0.3 is 4.57 Å². The number of carbonyl (C=O) groups is 1. The van der Waals surface area contributed by atoms with E-state index in [1.807, 2.05) is 25.2 Å². The zero-order chi connectivity index (χ0) is 12.8. The lowest BCUT2D eigenvalue weighted by Gasteiger charge is -2.17. The molecule has 0 N–H and O–H groups in total. The van der Waals surface area contributed by atoms with E-state index in [0.717, 1.165) is 22.4 Å². The fraction of sp³-hybridized carbons (Fsp3) is 0.429. The normalized spacial score (nSPS) is 12.1. The van der Waals surface area contributed by atoms with Crippen molar-refractivity contribution in [1.29, 1.82) is 0 Å². The van der Waals surface area contributed by atoms with Crippen molar-refractivity contribution in [2.45, 2.75) is 33.1 Å². The average molecular weight is 230 g/mol. The first kappa shape index (κ1) is 11.8. The minimum atomic E-state index is 0.00412. The van der Waals surface area contributed by atoms with Gasteiger partial charge in [0.05, 0.1) is 11.0 Å². The van der Waals surface area contributed by atoms with Crippen LogP contribution in [0.4, 0.5) is 0 Å². The Hall–Kier alpha value is -1.64. The Morgan fingerprint density at radius 1 is 1.29 bits per heavy atom. The maximum atomic E-state index is 11.3. The topological polar surface area (TPSA) is 34.9 Å². The fourth-order valence-electron chi connectivity index (χ4n) is 2.09. The maximum Gasteiger partial charge on any atom is 0.159 e. The van der Waals surface area contributed by atoms with Crippen LogP contribution >= 0.6 is 0 Å². The molecule has 3 heteroatoms. The molecule has 1 aromatic carbocycles. The molecule has 0 radical (unpaired) electrons. The maximum absolute atomic E-state index is 11.3. The molecule has 2 aromatic rings. The van der Waals surface area contributed by atoms with Crippen LogP contribution in [-0.2, 0) is 12.5 Å². The average Bonchev–Trinajstić information content (AvgIpc) is 2.55. The number of hydrogen-bond acceptors (Lipinski definition) is 2. The summed E-state index contributed by atoms with van der Waals surface area (Å²) in [5.41, 5.74) is 2.69. The highest BCUT2D eigenvalue weighted by atomic mass is 16.1. The molecule has 0 spiro atoms. The second-order valence-electron chi connectivity index (χ2n) is 5.50. The minimum Gasteiger partial charge on any atom is -0.331 e. The van der Waals surface area contributed by atoms with E-state index in [9.17, 15) is 4.79 Å². The smallest absolute Gasteiger partial charge is 0.159 e. The van der Waals surface area contributed by atoms with Crippen LogP contribution in [0.5, 0.6) is 0 Å². The largest absolute Gasteiger partial charge is 0.331 e. The summed E-state index contributed by atoms with van der Waals surface area (Å²) in [5.74, 6) is 1.11. The zero-order valence-electron chi connectivity index (χ0n) is 11.0. The van der Waals surface area contributed by atoms with E-state index in [4.69, 9.17) is 0 Å². The van der Waals surface area contributed by atoms with Gasteiger partial charge in [-0.05, 0) is 25.1 Å². The highest BCUT2D eigenvalue weighted by molar-refractivity contribution is 5.97. The summed E-state index contributed by atoms with van der Waals surface area (Å²) in [7, 11) is 2.02. The number of rotatable bonds is 1. The van der Waals surface area contributed by atoms with Crippen molar-refractivity contribution in [1.82, 2.24) is 9.55 Å². The molecule has 90 valence electrons. The Bertz CT molecular complexity index is 588. The van der Waals surface area contributed by atoms with Crippen LogP contribution in [0.15, 0.2) is 18.2 Å². The molecule has 0 atom stereocenters. The van der Waals surface area contributed by atoms with Crippen LogP contribution in [0, 0.1) is 0 Å². The summed E-state index contributed by atoms with van der Waals surface area (Å²) in [6.07, 6.45) is 0. The highest BCUT2D eigenvalue weighted by Gasteiger charge is 2.21. The number of benzene rings is 1. The van der Waals surface area contributed by atoms with Gasteiger partial charge in [-0.3, -0.25) is 4.79 Å². The molecule has 0 amide bonds. The number of aromatic nitrogens is 2. The van der Waals surface area contributed by atoms with E-state index in [1.165, 1.54) is 0 Å². The third-order valence-corrected chi connectivity index (χ3v) is 2.96. The van der Waals surface area contributed by atoms with Crippen molar-refractivity contribution in [3.8, 4) is 0 Å². The predicted octanol–water partition coefficient (Wildman–Crippen LogP) is 3.07. The molecule has 0 aliphatic heterocycles. The quantitative estimate of drug-likeness (QED) is 0.706. The summed E-state index contributed by atoms with van der Waals surface area (Å²) in [6, 6.07) is 5.69. The van der Waals surface area contributed by atoms with Crippen molar-refractivity contribution < 1.29 is 4.79 Å². The van der Waals surface area contributed by atoms with Crippen LogP contribution in [-0.4, -0.2) is 15.3 Å². The Kier molecular flexibility index (Phi) is 2.57. The van der Waals surface area contributed by atoms with E-state index in [0.29, 0.717) is 0 Å².